The Morgan fingerprint density at radius 3 is 2.43 bits per heavy atom. The summed E-state index contributed by atoms with van der Waals surface area (Å²) >= 11 is 3.55. The van der Waals surface area contributed by atoms with Gasteiger partial charge in [0.1, 0.15) is 0 Å². The van der Waals surface area contributed by atoms with Gasteiger partial charge < -0.3 is 5.32 Å². The SMILES string of the molecule is Cc1nn(Cc2ccc(CNC(C)(C)C)cn2)c(C)c1Br. The summed E-state index contributed by atoms with van der Waals surface area (Å²) in [6, 6.07) is 4.20. The van der Waals surface area contributed by atoms with Crippen LogP contribution in [-0.4, -0.2) is 20.3 Å². The summed E-state index contributed by atoms with van der Waals surface area (Å²) < 4.78 is 3.06. The molecule has 21 heavy (non-hydrogen) atoms. The molecule has 0 radical (unpaired) electrons. The van der Waals surface area contributed by atoms with Crippen molar-refractivity contribution in [2.45, 2.75) is 53.2 Å². The average Bonchev–Trinajstić information content (AvgIpc) is 2.65. The average molecular weight is 351 g/mol. The van der Waals surface area contributed by atoms with Crippen LogP contribution in [0.25, 0.3) is 0 Å². The van der Waals surface area contributed by atoms with Crippen LogP contribution >= 0.6 is 15.9 Å². The lowest BCUT2D eigenvalue weighted by molar-refractivity contribution is 0.424. The zero-order chi connectivity index (χ0) is 15.6. The summed E-state index contributed by atoms with van der Waals surface area (Å²) in [5.74, 6) is 0. The molecule has 2 aromatic rings. The molecule has 0 amide bonds. The summed E-state index contributed by atoms with van der Waals surface area (Å²) in [5.41, 5.74) is 4.48. The molecule has 2 rings (SSSR count). The molecule has 2 heterocycles. The molecule has 0 saturated carbocycles. The minimum absolute atomic E-state index is 0.120. The van der Waals surface area contributed by atoms with Gasteiger partial charge in [-0.2, -0.15) is 5.10 Å². The van der Waals surface area contributed by atoms with Crippen LogP contribution in [-0.2, 0) is 13.1 Å². The van der Waals surface area contributed by atoms with E-state index in [9.17, 15) is 0 Å². The van der Waals surface area contributed by atoms with Crippen molar-refractivity contribution in [1.82, 2.24) is 20.1 Å². The lowest BCUT2D eigenvalue weighted by Crippen LogP contribution is -2.35. The van der Waals surface area contributed by atoms with E-state index in [0.29, 0.717) is 6.54 Å². The second kappa shape index (κ2) is 6.28. The van der Waals surface area contributed by atoms with E-state index in [0.717, 1.165) is 28.1 Å². The van der Waals surface area contributed by atoms with E-state index in [4.69, 9.17) is 0 Å². The van der Waals surface area contributed by atoms with Crippen molar-refractivity contribution in [1.29, 1.82) is 0 Å². The van der Waals surface area contributed by atoms with Crippen LogP contribution in [0.2, 0.25) is 0 Å². The molecule has 0 unspecified atom stereocenters. The topological polar surface area (TPSA) is 42.7 Å². The summed E-state index contributed by atoms with van der Waals surface area (Å²) in [6.45, 7) is 12.1. The van der Waals surface area contributed by atoms with Crippen LogP contribution in [0.15, 0.2) is 22.8 Å². The highest BCUT2D eigenvalue weighted by Crippen LogP contribution is 2.20. The molecule has 0 aliphatic heterocycles. The van der Waals surface area contributed by atoms with Crippen molar-refractivity contribution in [2.24, 2.45) is 0 Å². The fraction of sp³-hybridized carbons (Fsp3) is 0.500. The van der Waals surface area contributed by atoms with Gasteiger partial charge in [-0.3, -0.25) is 9.67 Å². The smallest absolute Gasteiger partial charge is 0.0834 e. The molecule has 0 aliphatic rings. The Labute approximate surface area is 135 Å². The molecule has 2 aromatic heterocycles. The fourth-order valence-electron chi connectivity index (χ4n) is 2.00. The van der Waals surface area contributed by atoms with Gasteiger partial charge in [-0.1, -0.05) is 6.07 Å². The number of nitrogens with zero attached hydrogens (tertiary/aromatic N) is 3. The van der Waals surface area contributed by atoms with E-state index in [2.05, 4.69) is 71.2 Å². The van der Waals surface area contributed by atoms with Gasteiger partial charge in [0, 0.05) is 18.3 Å². The number of aryl methyl sites for hydroxylation is 1. The predicted octanol–water partition coefficient (Wildman–Crippen LogP) is 3.59. The van der Waals surface area contributed by atoms with Crippen molar-refractivity contribution in [3.05, 3.63) is 45.4 Å². The van der Waals surface area contributed by atoms with Gasteiger partial charge >= 0.3 is 0 Å². The Balaban J connectivity index is 2.04. The number of hydrogen-bond acceptors (Lipinski definition) is 3. The number of rotatable bonds is 4. The van der Waals surface area contributed by atoms with Crippen LogP contribution in [0.4, 0.5) is 0 Å². The first-order valence-corrected chi connectivity index (χ1v) is 7.94. The highest BCUT2D eigenvalue weighted by Gasteiger charge is 2.10. The highest BCUT2D eigenvalue weighted by atomic mass is 79.9. The van der Waals surface area contributed by atoms with Gasteiger partial charge in [0.2, 0.25) is 0 Å². The van der Waals surface area contributed by atoms with E-state index in [1.807, 2.05) is 17.8 Å². The molecule has 4 nitrogen and oxygen atoms in total. The van der Waals surface area contributed by atoms with Crippen LogP contribution in [0, 0.1) is 13.8 Å². The number of aromatic nitrogens is 3. The lowest BCUT2D eigenvalue weighted by Gasteiger charge is -2.20. The zero-order valence-electron chi connectivity index (χ0n) is 13.4. The lowest BCUT2D eigenvalue weighted by atomic mass is 10.1. The highest BCUT2D eigenvalue weighted by molar-refractivity contribution is 9.10. The van der Waals surface area contributed by atoms with E-state index < -0.39 is 0 Å². The monoisotopic (exact) mass is 350 g/mol. The summed E-state index contributed by atoms with van der Waals surface area (Å²) in [5, 5.41) is 7.98. The van der Waals surface area contributed by atoms with Crippen LogP contribution in [0.1, 0.15) is 43.4 Å². The number of nitrogens with one attached hydrogen (secondary N) is 1. The van der Waals surface area contributed by atoms with Gasteiger partial charge in [0.05, 0.1) is 28.1 Å². The molecule has 0 atom stereocenters. The molecule has 5 heteroatoms. The van der Waals surface area contributed by atoms with Crippen molar-refractivity contribution in [3.8, 4) is 0 Å². The molecule has 0 saturated heterocycles. The van der Waals surface area contributed by atoms with Gasteiger partial charge in [0.15, 0.2) is 0 Å². The summed E-state index contributed by atoms with van der Waals surface area (Å²) in [7, 11) is 0. The van der Waals surface area contributed by atoms with Gasteiger partial charge in [-0.05, 0) is 62.2 Å². The van der Waals surface area contributed by atoms with Crippen molar-refractivity contribution >= 4 is 15.9 Å². The Hall–Kier alpha value is -1.20. The first-order chi connectivity index (χ1) is 9.76. The molecule has 0 bridgehead atoms. The molecular formula is C16H23BrN4. The first kappa shape index (κ1) is 16.2. The second-order valence-corrected chi connectivity index (χ2v) is 7.20. The van der Waals surface area contributed by atoms with E-state index in [1.165, 1.54) is 5.56 Å². The number of halogens is 1. The Morgan fingerprint density at radius 1 is 1.24 bits per heavy atom. The van der Waals surface area contributed by atoms with Crippen LogP contribution in [0.5, 0.6) is 0 Å². The normalized spacial score (nSPS) is 11.9. The maximum absolute atomic E-state index is 4.54. The zero-order valence-corrected chi connectivity index (χ0v) is 15.0. The van der Waals surface area contributed by atoms with Crippen LogP contribution < -0.4 is 5.32 Å². The van der Waals surface area contributed by atoms with Crippen molar-refractivity contribution in [2.75, 3.05) is 0 Å². The Bertz CT molecular complexity index is 608. The molecule has 0 spiro atoms. The number of hydrogen-bond donors (Lipinski definition) is 1. The standard InChI is InChI=1S/C16H23BrN4/c1-11-15(17)12(2)21(20-11)10-14-7-6-13(8-18-14)9-19-16(3,4)5/h6-8,19H,9-10H2,1-5H3. The van der Waals surface area contributed by atoms with Crippen LogP contribution in [0.3, 0.4) is 0 Å². The largest absolute Gasteiger partial charge is 0.308 e. The molecule has 0 aliphatic carbocycles. The minimum Gasteiger partial charge on any atom is -0.308 e. The fourth-order valence-corrected chi connectivity index (χ4v) is 2.29. The van der Waals surface area contributed by atoms with E-state index >= 15 is 0 Å². The summed E-state index contributed by atoms with van der Waals surface area (Å²) in [6.07, 6.45) is 1.94. The maximum Gasteiger partial charge on any atom is 0.0834 e. The Kier molecular flexibility index (Phi) is 4.84. The molecule has 0 fully saturated rings. The number of pyridine rings is 1. The maximum atomic E-state index is 4.54. The quantitative estimate of drug-likeness (QED) is 0.915. The van der Waals surface area contributed by atoms with Gasteiger partial charge in [0.25, 0.3) is 0 Å². The third kappa shape index (κ3) is 4.38. The predicted molar refractivity (Wildman–Crippen MR) is 89.3 cm³/mol. The molecule has 1 N–H and O–H groups in total. The summed E-state index contributed by atoms with van der Waals surface area (Å²) in [4.78, 5) is 4.54. The van der Waals surface area contributed by atoms with E-state index in [-0.39, 0.29) is 5.54 Å². The van der Waals surface area contributed by atoms with Crippen molar-refractivity contribution < 1.29 is 0 Å². The van der Waals surface area contributed by atoms with Gasteiger partial charge in [-0.15, -0.1) is 0 Å². The molecule has 114 valence electrons. The molecular weight excluding hydrogens is 328 g/mol. The minimum atomic E-state index is 0.120. The Morgan fingerprint density at radius 2 is 1.95 bits per heavy atom. The third-order valence-electron chi connectivity index (χ3n) is 3.31. The second-order valence-electron chi connectivity index (χ2n) is 6.40. The third-order valence-corrected chi connectivity index (χ3v) is 4.46. The first-order valence-electron chi connectivity index (χ1n) is 7.14. The van der Waals surface area contributed by atoms with Crippen molar-refractivity contribution in [3.63, 3.8) is 0 Å². The van der Waals surface area contributed by atoms with E-state index in [1.54, 1.807) is 0 Å². The van der Waals surface area contributed by atoms with Gasteiger partial charge in [-0.25, -0.2) is 0 Å². The molecule has 0 aromatic carbocycles.